The molecule has 1 aromatic heterocycles. The lowest BCUT2D eigenvalue weighted by atomic mass is 10.1. The SMILES string of the molecule is COc1ccc(F)cc1-c1ccsc1CN. The van der Waals surface area contributed by atoms with E-state index < -0.39 is 0 Å². The number of nitrogens with two attached hydrogens (primary N) is 1. The van der Waals surface area contributed by atoms with Gasteiger partial charge in [-0.3, -0.25) is 0 Å². The third kappa shape index (κ3) is 1.94. The summed E-state index contributed by atoms with van der Waals surface area (Å²) in [6.45, 7) is 0.451. The van der Waals surface area contributed by atoms with Crippen molar-refractivity contribution in [2.45, 2.75) is 6.54 Å². The fourth-order valence-electron chi connectivity index (χ4n) is 1.63. The summed E-state index contributed by atoms with van der Waals surface area (Å²) in [4.78, 5) is 1.03. The summed E-state index contributed by atoms with van der Waals surface area (Å²) in [5.74, 6) is 0.388. The standard InChI is InChI=1S/C12H12FNOS/c1-15-11-3-2-8(13)6-10(11)9-4-5-16-12(9)7-14/h2-6H,7,14H2,1H3. The predicted molar refractivity (Wildman–Crippen MR) is 64.2 cm³/mol. The quantitative estimate of drug-likeness (QED) is 0.890. The van der Waals surface area contributed by atoms with Crippen LogP contribution >= 0.6 is 11.3 Å². The smallest absolute Gasteiger partial charge is 0.126 e. The van der Waals surface area contributed by atoms with Gasteiger partial charge in [0.2, 0.25) is 0 Å². The number of methoxy groups -OCH3 is 1. The molecule has 0 spiro atoms. The Morgan fingerprint density at radius 2 is 2.12 bits per heavy atom. The summed E-state index contributed by atoms with van der Waals surface area (Å²) in [6, 6.07) is 6.42. The second-order valence-electron chi connectivity index (χ2n) is 3.31. The van der Waals surface area contributed by atoms with Crippen molar-refractivity contribution in [3.05, 3.63) is 40.3 Å². The van der Waals surface area contributed by atoms with Crippen molar-refractivity contribution in [2.24, 2.45) is 5.73 Å². The molecule has 0 amide bonds. The second-order valence-corrected chi connectivity index (χ2v) is 4.31. The largest absolute Gasteiger partial charge is 0.496 e. The number of halogens is 1. The van der Waals surface area contributed by atoms with Gasteiger partial charge in [0.05, 0.1) is 7.11 Å². The first-order valence-electron chi connectivity index (χ1n) is 4.86. The minimum atomic E-state index is -0.273. The van der Waals surface area contributed by atoms with Gasteiger partial charge in [0.1, 0.15) is 11.6 Å². The molecule has 0 fully saturated rings. The van der Waals surface area contributed by atoms with E-state index in [0.717, 1.165) is 16.0 Å². The number of benzene rings is 1. The molecule has 0 saturated carbocycles. The van der Waals surface area contributed by atoms with Crippen LogP contribution in [0, 0.1) is 5.82 Å². The average molecular weight is 237 g/mol. The van der Waals surface area contributed by atoms with Crippen LogP contribution in [0.4, 0.5) is 4.39 Å². The molecule has 2 aromatic rings. The van der Waals surface area contributed by atoms with E-state index in [4.69, 9.17) is 10.5 Å². The molecular weight excluding hydrogens is 225 g/mol. The third-order valence-electron chi connectivity index (χ3n) is 2.38. The highest BCUT2D eigenvalue weighted by Crippen LogP contribution is 2.35. The van der Waals surface area contributed by atoms with Gasteiger partial charge in [-0.1, -0.05) is 0 Å². The van der Waals surface area contributed by atoms with Crippen LogP contribution in [0.15, 0.2) is 29.6 Å². The van der Waals surface area contributed by atoms with Crippen LogP contribution in [-0.2, 0) is 6.54 Å². The zero-order chi connectivity index (χ0) is 11.5. The molecule has 0 unspecified atom stereocenters. The van der Waals surface area contributed by atoms with E-state index in [9.17, 15) is 4.39 Å². The van der Waals surface area contributed by atoms with Gasteiger partial charge >= 0.3 is 0 Å². The molecule has 2 nitrogen and oxygen atoms in total. The lowest BCUT2D eigenvalue weighted by Gasteiger charge is -2.08. The van der Waals surface area contributed by atoms with Gasteiger partial charge in [-0.05, 0) is 29.6 Å². The van der Waals surface area contributed by atoms with E-state index in [1.54, 1.807) is 24.5 Å². The van der Waals surface area contributed by atoms with E-state index in [0.29, 0.717) is 12.3 Å². The van der Waals surface area contributed by atoms with Crippen molar-refractivity contribution < 1.29 is 9.13 Å². The van der Waals surface area contributed by atoms with Crippen molar-refractivity contribution in [2.75, 3.05) is 7.11 Å². The maximum absolute atomic E-state index is 13.2. The zero-order valence-corrected chi connectivity index (χ0v) is 9.68. The van der Waals surface area contributed by atoms with Gasteiger partial charge in [-0.25, -0.2) is 4.39 Å². The highest BCUT2D eigenvalue weighted by molar-refractivity contribution is 7.10. The summed E-state index contributed by atoms with van der Waals surface area (Å²) in [7, 11) is 1.57. The molecule has 2 N–H and O–H groups in total. The Morgan fingerprint density at radius 3 is 2.81 bits per heavy atom. The highest BCUT2D eigenvalue weighted by Gasteiger charge is 2.11. The average Bonchev–Trinajstić information content (AvgIpc) is 2.76. The molecule has 84 valence electrons. The van der Waals surface area contributed by atoms with Gasteiger partial charge in [0, 0.05) is 22.5 Å². The molecule has 0 aliphatic rings. The normalized spacial score (nSPS) is 10.4. The van der Waals surface area contributed by atoms with Crippen LogP contribution in [0.1, 0.15) is 4.88 Å². The summed E-state index contributed by atoms with van der Waals surface area (Å²) in [5, 5.41) is 1.95. The molecule has 0 atom stereocenters. The summed E-state index contributed by atoms with van der Waals surface area (Å²) in [5.41, 5.74) is 7.34. The fourth-order valence-corrected chi connectivity index (χ4v) is 2.40. The number of thiophene rings is 1. The summed E-state index contributed by atoms with van der Waals surface area (Å²) >= 11 is 1.57. The van der Waals surface area contributed by atoms with Gasteiger partial charge in [-0.2, -0.15) is 0 Å². The monoisotopic (exact) mass is 237 g/mol. The Morgan fingerprint density at radius 1 is 1.31 bits per heavy atom. The molecule has 2 rings (SSSR count). The summed E-state index contributed by atoms with van der Waals surface area (Å²) < 4.78 is 18.4. The van der Waals surface area contributed by atoms with Crippen molar-refractivity contribution in [3.8, 4) is 16.9 Å². The Labute approximate surface area is 97.5 Å². The van der Waals surface area contributed by atoms with Gasteiger partial charge in [0.25, 0.3) is 0 Å². The molecule has 0 saturated heterocycles. The third-order valence-corrected chi connectivity index (χ3v) is 3.33. The Balaban J connectivity index is 2.58. The Bertz CT molecular complexity index is 496. The molecule has 0 aliphatic heterocycles. The molecule has 0 aliphatic carbocycles. The molecule has 16 heavy (non-hydrogen) atoms. The van der Waals surface area contributed by atoms with Crippen LogP contribution in [0.5, 0.6) is 5.75 Å². The minimum absolute atomic E-state index is 0.273. The first kappa shape index (κ1) is 11.1. The van der Waals surface area contributed by atoms with Crippen LogP contribution in [0.2, 0.25) is 0 Å². The van der Waals surface area contributed by atoms with E-state index in [-0.39, 0.29) is 5.82 Å². The van der Waals surface area contributed by atoms with Crippen LogP contribution in [0.25, 0.3) is 11.1 Å². The van der Waals surface area contributed by atoms with Crippen LogP contribution in [-0.4, -0.2) is 7.11 Å². The summed E-state index contributed by atoms with van der Waals surface area (Å²) in [6.07, 6.45) is 0. The number of rotatable bonds is 3. The van der Waals surface area contributed by atoms with E-state index >= 15 is 0 Å². The van der Waals surface area contributed by atoms with Crippen LogP contribution < -0.4 is 10.5 Å². The van der Waals surface area contributed by atoms with Crippen molar-refractivity contribution in [1.29, 1.82) is 0 Å². The minimum Gasteiger partial charge on any atom is -0.496 e. The molecule has 0 bridgehead atoms. The maximum atomic E-state index is 13.2. The number of ether oxygens (including phenoxy) is 1. The maximum Gasteiger partial charge on any atom is 0.126 e. The van der Waals surface area contributed by atoms with Gasteiger partial charge in [-0.15, -0.1) is 11.3 Å². The first-order valence-corrected chi connectivity index (χ1v) is 5.74. The molecule has 1 aromatic carbocycles. The molecule has 4 heteroatoms. The van der Waals surface area contributed by atoms with Crippen LogP contribution in [0.3, 0.4) is 0 Å². The number of hydrogen-bond acceptors (Lipinski definition) is 3. The Hall–Kier alpha value is -1.39. The lowest BCUT2D eigenvalue weighted by molar-refractivity contribution is 0.415. The predicted octanol–water partition coefficient (Wildman–Crippen LogP) is 3.02. The highest BCUT2D eigenvalue weighted by atomic mass is 32.1. The molecule has 0 radical (unpaired) electrons. The van der Waals surface area contributed by atoms with E-state index in [1.165, 1.54) is 12.1 Å². The topological polar surface area (TPSA) is 35.2 Å². The molecule has 1 heterocycles. The zero-order valence-electron chi connectivity index (χ0n) is 8.87. The number of hydrogen-bond donors (Lipinski definition) is 1. The second kappa shape index (κ2) is 4.63. The van der Waals surface area contributed by atoms with Crippen molar-refractivity contribution in [3.63, 3.8) is 0 Å². The molecular formula is C12H12FNOS. The lowest BCUT2D eigenvalue weighted by Crippen LogP contribution is -1.96. The first-order chi connectivity index (χ1) is 7.76. The van der Waals surface area contributed by atoms with Gasteiger partial charge < -0.3 is 10.5 Å². The van der Waals surface area contributed by atoms with E-state index in [2.05, 4.69) is 0 Å². The van der Waals surface area contributed by atoms with Gasteiger partial charge in [0.15, 0.2) is 0 Å². The van der Waals surface area contributed by atoms with E-state index in [1.807, 2.05) is 11.4 Å². The van der Waals surface area contributed by atoms with Crippen molar-refractivity contribution >= 4 is 11.3 Å². The van der Waals surface area contributed by atoms with Crippen molar-refractivity contribution in [1.82, 2.24) is 0 Å². The Kier molecular flexibility index (Phi) is 3.22. The fraction of sp³-hybridized carbons (Fsp3) is 0.167.